The van der Waals surface area contributed by atoms with Gasteiger partial charge in [-0.25, -0.2) is 0 Å². The number of H-pyrrole nitrogens is 1. The maximum absolute atomic E-state index is 12.5. The maximum atomic E-state index is 12.5. The SMILES string of the molecule is CC(c1ccc(Cl)s1)n1c(=S)[nH]c2ccsc2c1=O. The van der Waals surface area contributed by atoms with E-state index in [1.165, 1.54) is 22.7 Å². The van der Waals surface area contributed by atoms with Crippen LogP contribution in [0.15, 0.2) is 28.4 Å². The fraction of sp³-hybridized carbons (Fsp3) is 0.167. The smallest absolute Gasteiger partial charge is 0.272 e. The second kappa shape index (κ2) is 4.86. The Morgan fingerprint density at radius 1 is 1.42 bits per heavy atom. The topological polar surface area (TPSA) is 37.8 Å². The Hall–Kier alpha value is -0.950. The lowest BCUT2D eigenvalue weighted by atomic mass is 10.2. The largest absolute Gasteiger partial charge is 0.331 e. The van der Waals surface area contributed by atoms with Gasteiger partial charge in [0, 0.05) is 4.88 Å². The van der Waals surface area contributed by atoms with E-state index in [4.69, 9.17) is 23.8 Å². The fourth-order valence-electron chi connectivity index (χ4n) is 1.98. The van der Waals surface area contributed by atoms with E-state index in [0.717, 1.165) is 10.4 Å². The van der Waals surface area contributed by atoms with E-state index in [2.05, 4.69) is 4.98 Å². The molecule has 3 aromatic heterocycles. The van der Waals surface area contributed by atoms with Crippen LogP contribution in [0.3, 0.4) is 0 Å². The summed E-state index contributed by atoms with van der Waals surface area (Å²) < 4.78 is 3.45. The van der Waals surface area contributed by atoms with Crippen LogP contribution in [0.25, 0.3) is 10.2 Å². The predicted molar refractivity (Wildman–Crippen MR) is 84.4 cm³/mol. The molecule has 1 atom stereocenters. The highest BCUT2D eigenvalue weighted by Gasteiger charge is 2.15. The zero-order valence-electron chi connectivity index (χ0n) is 9.84. The predicted octanol–water partition coefficient (Wildman–Crippen LogP) is 4.44. The van der Waals surface area contributed by atoms with Crippen molar-refractivity contribution in [3.8, 4) is 0 Å². The van der Waals surface area contributed by atoms with Crippen LogP contribution in [-0.2, 0) is 0 Å². The average molecular weight is 329 g/mol. The molecule has 0 spiro atoms. The minimum atomic E-state index is -0.125. The molecule has 0 fully saturated rings. The van der Waals surface area contributed by atoms with Gasteiger partial charge in [-0.15, -0.1) is 22.7 Å². The van der Waals surface area contributed by atoms with Crippen molar-refractivity contribution in [3.63, 3.8) is 0 Å². The van der Waals surface area contributed by atoms with E-state index in [0.29, 0.717) is 13.8 Å². The zero-order chi connectivity index (χ0) is 13.6. The van der Waals surface area contributed by atoms with E-state index in [-0.39, 0.29) is 11.6 Å². The van der Waals surface area contributed by atoms with Crippen molar-refractivity contribution in [2.45, 2.75) is 13.0 Å². The summed E-state index contributed by atoms with van der Waals surface area (Å²) in [5.74, 6) is 0. The molecule has 0 aliphatic rings. The molecule has 98 valence electrons. The number of fused-ring (bicyclic) bond motifs is 1. The third-order valence-corrected chi connectivity index (χ3v) is 5.53. The second-order valence-electron chi connectivity index (χ2n) is 4.09. The van der Waals surface area contributed by atoms with Crippen molar-refractivity contribution in [3.05, 3.63) is 47.9 Å². The average Bonchev–Trinajstić information content (AvgIpc) is 2.97. The monoisotopic (exact) mass is 328 g/mol. The van der Waals surface area contributed by atoms with Crippen LogP contribution >= 0.6 is 46.5 Å². The number of nitrogens with zero attached hydrogens (tertiary/aromatic N) is 1. The van der Waals surface area contributed by atoms with E-state index < -0.39 is 0 Å². The van der Waals surface area contributed by atoms with E-state index in [1.807, 2.05) is 30.5 Å². The van der Waals surface area contributed by atoms with Gasteiger partial charge in [0.1, 0.15) is 4.70 Å². The zero-order valence-corrected chi connectivity index (χ0v) is 13.1. The molecule has 0 aliphatic heterocycles. The van der Waals surface area contributed by atoms with Gasteiger partial charge in [0.15, 0.2) is 4.77 Å². The van der Waals surface area contributed by atoms with Crippen LogP contribution in [0.5, 0.6) is 0 Å². The molecule has 0 amide bonds. The van der Waals surface area contributed by atoms with Gasteiger partial charge in [0.2, 0.25) is 0 Å². The number of halogens is 1. The van der Waals surface area contributed by atoms with Crippen molar-refractivity contribution in [1.82, 2.24) is 9.55 Å². The van der Waals surface area contributed by atoms with Crippen molar-refractivity contribution in [2.75, 3.05) is 0 Å². The summed E-state index contributed by atoms with van der Waals surface area (Å²) in [6.07, 6.45) is 0. The summed E-state index contributed by atoms with van der Waals surface area (Å²) in [7, 11) is 0. The van der Waals surface area contributed by atoms with Gasteiger partial charge >= 0.3 is 0 Å². The highest BCUT2D eigenvalue weighted by Crippen LogP contribution is 2.29. The number of nitrogens with one attached hydrogen (secondary N) is 1. The van der Waals surface area contributed by atoms with Gasteiger partial charge in [-0.05, 0) is 42.7 Å². The fourth-order valence-corrected chi connectivity index (χ4v) is 4.22. The number of aromatic amines is 1. The molecular formula is C12H9ClN2OS3. The molecule has 7 heteroatoms. The van der Waals surface area contributed by atoms with Crippen LogP contribution < -0.4 is 5.56 Å². The van der Waals surface area contributed by atoms with Crippen molar-refractivity contribution in [1.29, 1.82) is 0 Å². The molecule has 3 aromatic rings. The molecule has 0 saturated heterocycles. The first kappa shape index (κ1) is 13.1. The van der Waals surface area contributed by atoms with Crippen molar-refractivity contribution < 1.29 is 0 Å². The van der Waals surface area contributed by atoms with Crippen molar-refractivity contribution in [2.24, 2.45) is 0 Å². The van der Waals surface area contributed by atoms with Crippen LogP contribution in [0, 0.1) is 4.77 Å². The molecular weight excluding hydrogens is 320 g/mol. The molecule has 1 unspecified atom stereocenters. The lowest BCUT2D eigenvalue weighted by molar-refractivity contribution is 0.610. The van der Waals surface area contributed by atoms with E-state index >= 15 is 0 Å². The molecule has 0 saturated carbocycles. The third-order valence-electron chi connectivity index (χ3n) is 2.93. The summed E-state index contributed by atoms with van der Waals surface area (Å²) in [5, 5.41) is 1.88. The van der Waals surface area contributed by atoms with Crippen molar-refractivity contribution >= 4 is 56.7 Å². The highest BCUT2D eigenvalue weighted by molar-refractivity contribution is 7.71. The molecule has 0 aromatic carbocycles. The molecule has 1 N–H and O–H groups in total. The Kier molecular flexibility index (Phi) is 3.34. The first-order valence-corrected chi connectivity index (χ1v) is 8.03. The summed E-state index contributed by atoms with van der Waals surface area (Å²) in [6.45, 7) is 1.95. The van der Waals surface area contributed by atoms with Gasteiger partial charge in [-0.2, -0.15) is 0 Å². The minimum Gasteiger partial charge on any atom is -0.331 e. The third kappa shape index (κ3) is 2.18. The normalized spacial score (nSPS) is 12.9. The quantitative estimate of drug-likeness (QED) is 0.706. The number of thiophene rings is 2. The Bertz CT molecular complexity index is 858. The van der Waals surface area contributed by atoms with E-state index in [1.54, 1.807) is 4.57 Å². The minimum absolute atomic E-state index is 0.0502. The van der Waals surface area contributed by atoms with Gasteiger partial charge in [0.25, 0.3) is 5.56 Å². The summed E-state index contributed by atoms with van der Waals surface area (Å²) in [6, 6.07) is 5.51. The van der Waals surface area contributed by atoms with Gasteiger partial charge in [0.05, 0.1) is 15.9 Å². The Labute approximate surface area is 127 Å². The maximum Gasteiger partial charge on any atom is 0.272 e. The van der Waals surface area contributed by atoms with E-state index in [9.17, 15) is 4.79 Å². The Morgan fingerprint density at radius 2 is 2.21 bits per heavy atom. The number of hydrogen-bond acceptors (Lipinski definition) is 4. The lowest BCUT2D eigenvalue weighted by Gasteiger charge is -2.13. The van der Waals surface area contributed by atoms with Crippen LogP contribution in [0.4, 0.5) is 0 Å². The van der Waals surface area contributed by atoms with Crippen LogP contribution in [0.1, 0.15) is 17.8 Å². The second-order valence-corrected chi connectivity index (χ2v) is 7.14. The molecule has 3 heterocycles. The highest BCUT2D eigenvalue weighted by atomic mass is 35.5. The van der Waals surface area contributed by atoms with Gasteiger partial charge in [-0.3, -0.25) is 9.36 Å². The van der Waals surface area contributed by atoms with Crippen LogP contribution in [-0.4, -0.2) is 9.55 Å². The van der Waals surface area contributed by atoms with Gasteiger partial charge < -0.3 is 4.98 Å². The van der Waals surface area contributed by atoms with Crippen LogP contribution in [0.2, 0.25) is 4.34 Å². The molecule has 3 nitrogen and oxygen atoms in total. The van der Waals surface area contributed by atoms with Gasteiger partial charge in [-0.1, -0.05) is 11.6 Å². The Morgan fingerprint density at radius 3 is 2.89 bits per heavy atom. The summed E-state index contributed by atoms with van der Waals surface area (Å²) >= 11 is 14.1. The number of rotatable bonds is 2. The standard InChI is InChI=1S/C12H9ClN2OS3/c1-6(8-2-3-9(13)19-8)15-11(16)10-7(4-5-18-10)14-12(15)17/h2-6H,1H3,(H,14,17). The number of aromatic nitrogens is 2. The number of hydrogen-bond donors (Lipinski definition) is 1. The molecule has 0 bridgehead atoms. The first-order valence-electron chi connectivity index (χ1n) is 5.55. The Balaban J connectivity index is 2.25. The first-order chi connectivity index (χ1) is 9.08. The molecule has 19 heavy (non-hydrogen) atoms. The molecule has 3 rings (SSSR count). The summed E-state index contributed by atoms with van der Waals surface area (Å²) in [4.78, 5) is 16.6. The molecule has 0 radical (unpaired) electrons. The molecule has 0 aliphatic carbocycles. The summed E-state index contributed by atoms with van der Waals surface area (Å²) in [5.41, 5.74) is 0.749. The lowest BCUT2D eigenvalue weighted by Crippen LogP contribution is -2.24.